The number of rotatable bonds is 3. The van der Waals surface area contributed by atoms with Crippen LogP contribution in [0.5, 0.6) is 0 Å². The first-order chi connectivity index (χ1) is 9.06. The average molecular weight is 296 g/mol. The molecule has 2 aromatic heterocycles. The predicted molar refractivity (Wildman–Crippen MR) is 81.0 cm³/mol. The largest absolute Gasteiger partial charge is 0.296 e. The van der Waals surface area contributed by atoms with Gasteiger partial charge in [-0.1, -0.05) is 18.0 Å². The molecule has 1 saturated carbocycles. The van der Waals surface area contributed by atoms with Crippen LogP contribution in [-0.4, -0.2) is 28.0 Å². The van der Waals surface area contributed by atoms with E-state index in [0.29, 0.717) is 11.2 Å². The fourth-order valence-corrected chi connectivity index (χ4v) is 3.93. The number of aryl methyl sites for hydroxylation is 2. The topological polar surface area (TPSA) is 29.0 Å². The third-order valence-electron chi connectivity index (χ3n) is 4.12. The quantitative estimate of drug-likeness (QED) is 0.803. The highest BCUT2D eigenvalue weighted by atomic mass is 35.5. The Kier molecular flexibility index (Phi) is 3.50. The second-order valence-electron chi connectivity index (χ2n) is 5.39. The summed E-state index contributed by atoms with van der Waals surface area (Å²) >= 11 is 8.04. The monoisotopic (exact) mass is 295 g/mol. The molecule has 3 rings (SSSR count). The Balaban J connectivity index is 1.92. The lowest BCUT2D eigenvalue weighted by Crippen LogP contribution is -2.36. The van der Waals surface area contributed by atoms with Crippen molar-refractivity contribution in [1.82, 2.24) is 14.9 Å². The Labute approximate surface area is 122 Å². The summed E-state index contributed by atoms with van der Waals surface area (Å²) in [7, 11) is 2.15. The summed E-state index contributed by atoms with van der Waals surface area (Å²) in [6.45, 7) is 4.98. The summed E-state index contributed by atoms with van der Waals surface area (Å²) in [5.74, 6) is 0.841. The van der Waals surface area contributed by atoms with E-state index in [2.05, 4.69) is 35.8 Å². The van der Waals surface area contributed by atoms with Crippen molar-refractivity contribution in [2.24, 2.45) is 0 Å². The normalized spacial score (nSPS) is 16.3. The van der Waals surface area contributed by atoms with Crippen LogP contribution in [0.2, 0.25) is 5.15 Å². The number of nitrogens with zero attached hydrogens (tertiary/aromatic N) is 3. The molecule has 0 spiro atoms. The van der Waals surface area contributed by atoms with Gasteiger partial charge < -0.3 is 0 Å². The number of aromatic nitrogens is 2. The van der Waals surface area contributed by atoms with Crippen molar-refractivity contribution in [2.45, 2.75) is 45.7 Å². The highest BCUT2D eigenvalue weighted by Gasteiger charge is 2.23. The lowest BCUT2D eigenvalue weighted by molar-refractivity contribution is 0.149. The average Bonchev–Trinajstić information content (AvgIpc) is 2.51. The van der Waals surface area contributed by atoms with Gasteiger partial charge in [-0.25, -0.2) is 9.97 Å². The van der Waals surface area contributed by atoms with Crippen LogP contribution in [0.15, 0.2) is 0 Å². The molecule has 0 amide bonds. The summed E-state index contributed by atoms with van der Waals surface area (Å²) in [4.78, 5) is 13.8. The van der Waals surface area contributed by atoms with E-state index in [1.807, 2.05) is 0 Å². The van der Waals surface area contributed by atoms with Gasteiger partial charge in [0.1, 0.15) is 15.8 Å². The van der Waals surface area contributed by atoms with Crippen LogP contribution in [0.4, 0.5) is 0 Å². The molecule has 0 unspecified atom stereocenters. The first-order valence-corrected chi connectivity index (χ1v) is 7.88. The van der Waals surface area contributed by atoms with Crippen LogP contribution < -0.4 is 0 Å². The van der Waals surface area contributed by atoms with Gasteiger partial charge in [0.2, 0.25) is 0 Å². The molecule has 0 bridgehead atoms. The standard InChI is InChI=1S/C14H18ClN3S/c1-8-9(2)19-14-12(8)13(15)16-11(17-14)7-18(3)10-5-4-6-10/h10H,4-7H2,1-3H3. The molecule has 2 heterocycles. The molecule has 1 aliphatic rings. The number of hydrogen-bond acceptors (Lipinski definition) is 4. The van der Waals surface area contributed by atoms with Crippen molar-refractivity contribution in [3.63, 3.8) is 0 Å². The van der Waals surface area contributed by atoms with Gasteiger partial charge in [0.25, 0.3) is 0 Å². The van der Waals surface area contributed by atoms with Crippen molar-refractivity contribution in [3.05, 3.63) is 21.4 Å². The van der Waals surface area contributed by atoms with Gasteiger partial charge in [-0.2, -0.15) is 0 Å². The second kappa shape index (κ2) is 5.00. The summed E-state index contributed by atoms with van der Waals surface area (Å²) in [6, 6.07) is 0.699. The minimum Gasteiger partial charge on any atom is -0.296 e. The van der Waals surface area contributed by atoms with Gasteiger partial charge in [0.05, 0.1) is 11.9 Å². The molecule has 3 nitrogen and oxygen atoms in total. The van der Waals surface area contributed by atoms with E-state index in [0.717, 1.165) is 22.6 Å². The number of fused-ring (bicyclic) bond motifs is 1. The zero-order valence-corrected chi connectivity index (χ0v) is 13.1. The zero-order valence-electron chi connectivity index (χ0n) is 11.5. The van der Waals surface area contributed by atoms with E-state index < -0.39 is 0 Å². The van der Waals surface area contributed by atoms with Crippen molar-refractivity contribution in [3.8, 4) is 0 Å². The highest BCUT2D eigenvalue weighted by Crippen LogP contribution is 2.33. The van der Waals surface area contributed by atoms with E-state index in [9.17, 15) is 0 Å². The molecular formula is C14H18ClN3S. The molecule has 1 fully saturated rings. The Morgan fingerprint density at radius 3 is 2.68 bits per heavy atom. The van der Waals surface area contributed by atoms with Crippen LogP contribution in [0, 0.1) is 13.8 Å². The lowest BCUT2D eigenvalue weighted by atomic mass is 9.92. The first-order valence-electron chi connectivity index (χ1n) is 6.68. The van der Waals surface area contributed by atoms with Gasteiger partial charge in [-0.05, 0) is 39.3 Å². The molecule has 0 atom stereocenters. The zero-order chi connectivity index (χ0) is 13.6. The Morgan fingerprint density at radius 2 is 2.05 bits per heavy atom. The molecular weight excluding hydrogens is 278 g/mol. The molecule has 0 aliphatic heterocycles. The summed E-state index contributed by atoms with van der Waals surface area (Å²) in [5, 5.41) is 1.63. The summed E-state index contributed by atoms with van der Waals surface area (Å²) < 4.78 is 0. The van der Waals surface area contributed by atoms with Crippen LogP contribution in [0.3, 0.4) is 0 Å². The molecule has 0 radical (unpaired) electrons. The Hall–Kier alpha value is -0.710. The summed E-state index contributed by atoms with van der Waals surface area (Å²) in [5.41, 5.74) is 1.21. The van der Waals surface area contributed by atoms with E-state index >= 15 is 0 Å². The van der Waals surface area contributed by atoms with Crippen molar-refractivity contribution in [2.75, 3.05) is 7.05 Å². The Morgan fingerprint density at radius 1 is 1.32 bits per heavy atom. The van der Waals surface area contributed by atoms with Gasteiger partial charge in [0, 0.05) is 10.9 Å². The van der Waals surface area contributed by atoms with Crippen LogP contribution >= 0.6 is 22.9 Å². The van der Waals surface area contributed by atoms with Crippen molar-refractivity contribution < 1.29 is 0 Å². The highest BCUT2D eigenvalue weighted by molar-refractivity contribution is 7.18. The number of hydrogen-bond donors (Lipinski definition) is 0. The van der Waals surface area contributed by atoms with Gasteiger partial charge in [0.15, 0.2) is 0 Å². The summed E-state index contributed by atoms with van der Waals surface area (Å²) in [6.07, 6.45) is 3.94. The molecule has 2 aromatic rings. The van der Waals surface area contributed by atoms with Crippen LogP contribution in [0.25, 0.3) is 10.2 Å². The van der Waals surface area contributed by atoms with Crippen molar-refractivity contribution >= 4 is 33.2 Å². The molecule has 5 heteroatoms. The van der Waals surface area contributed by atoms with Crippen LogP contribution in [0.1, 0.15) is 35.5 Å². The van der Waals surface area contributed by atoms with Crippen LogP contribution in [-0.2, 0) is 6.54 Å². The van der Waals surface area contributed by atoms with Crippen molar-refractivity contribution in [1.29, 1.82) is 0 Å². The fraction of sp³-hybridized carbons (Fsp3) is 0.571. The minimum atomic E-state index is 0.601. The van der Waals surface area contributed by atoms with E-state index in [1.54, 1.807) is 11.3 Å². The predicted octanol–water partition coefficient (Wildman–Crippen LogP) is 3.95. The molecule has 0 aromatic carbocycles. The molecule has 102 valence electrons. The lowest BCUT2D eigenvalue weighted by Gasteiger charge is -2.34. The van der Waals surface area contributed by atoms with Gasteiger partial charge in [-0.3, -0.25) is 4.90 Å². The smallest absolute Gasteiger partial charge is 0.145 e. The molecule has 1 aliphatic carbocycles. The van der Waals surface area contributed by atoms with Gasteiger partial charge in [-0.15, -0.1) is 11.3 Å². The fourth-order valence-electron chi connectivity index (χ4n) is 2.49. The van der Waals surface area contributed by atoms with E-state index in [-0.39, 0.29) is 0 Å². The SMILES string of the molecule is Cc1sc2nc(CN(C)C3CCC3)nc(Cl)c2c1C. The van der Waals surface area contributed by atoms with Gasteiger partial charge >= 0.3 is 0 Å². The molecule has 0 saturated heterocycles. The second-order valence-corrected chi connectivity index (χ2v) is 6.96. The third-order valence-corrected chi connectivity index (χ3v) is 5.49. The first kappa shape index (κ1) is 13.3. The molecule has 19 heavy (non-hydrogen) atoms. The maximum absolute atomic E-state index is 6.33. The number of thiophene rings is 1. The maximum Gasteiger partial charge on any atom is 0.145 e. The van der Waals surface area contributed by atoms with E-state index in [1.165, 1.54) is 29.7 Å². The molecule has 0 N–H and O–H groups in total. The number of halogens is 1. The minimum absolute atomic E-state index is 0.601. The third kappa shape index (κ3) is 2.37. The maximum atomic E-state index is 6.33. The Bertz CT molecular complexity index is 619. The van der Waals surface area contributed by atoms with E-state index in [4.69, 9.17) is 11.6 Å².